The molecule has 2 N–H and O–H groups in total. The molecule has 0 spiro atoms. The first-order chi connectivity index (χ1) is 9.25. The molecule has 1 aliphatic carbocycles. The molecule has 1 rings (SSSR count). The Labute approximate surface area is 118 Å². The molecule has 1 fully saturated rings. The van der Waals surface area contributed by atoms with Gasteiger partial charge in [-0.1, -0.05) is 6.42 Å². The summed E-state index contributed by atoms with van der Waals surface area (Å²) in [5.41, 5.74) is 0. The normalized spacial score (nSPS) is 15.6. The van der Waals surface area contributed by atoms with Crippen molar-refractivity contribution in [3.8, 4) is 0 Å². The second-order valence-electron chi connectivity index (χ2n) is 5.01. The number of rotatable bonds is 5. The van der Waals surface area contributed by atoms with Gasteiger partial charge in [0.25, 0.3) is 0 Å². The molecule has 1 atom stereocenters. The minimum absolute atomic E-state index is 0.0159. The zero-order valence-electron chi connectivity index (χ0n) is 12.2. The van der Waals surface area contributed by atoms with Gasteiger partial charge in [0, 0.05) is 6.04 Å². The molecule has 0 bridgehead atoms. The lowest BCUT2D eigenvalue weighted by molar-refractivity contribution is -0.159. The third-order valence-corrected chi connectivity index (χ3v) is 3.28. The van der Waals surface area contributed by atoms with Crippen molar-refractivity contribution in [2.45, 2.75) is 38.6 Å². The first-order valence-corrected chi connectivity index (χ1v) is 6.55. The van der Waals surface area contributed by atoms with Crippen LogP contribution < -0.4 is 0 Å². The van der Waals surface area contributed by atoms with E-state index < -0.39 is 11.9 Å². The van der Waals surface area contributed by atoms with E-state index >= 15 is 0 Å². The fraction of sp³-hybridized carbons (Fsp3) is 0.769. The van der Waals surface area contributed by atoms with E-state index in [0.717, 1.165) is 19.3 Å². The van der Waals surface area contributed by atoms with E-state index in [1.807, 2.05) is 14.1 Å². The Morgan fingerprint density at radius 2 is 1.70 bits per heavy atom. The van der Waals surface area contributed by atoms with Crippen LogP contribution in [0.4, 0.5) is 0 Å². The molecular weight excluding hydrogens is 266 g/mol. The maximum absolute atomic E-state index is 11.3. The van der Waals surface area contributed by atoms with Crippen LogP contribution in [0.25, 0.3) is 0 Å². The van der Waals surface area contributed by atoms with Crippen LogP contribution in [-0.2, 0) is 19.1 Å². The van der Waals surface area contributed by atoms with Gasteiger partial charge in [-0.2, -0.15) is 0 Å². The average molecular weight is 289 g/mol. The Hall–Kier alpha value is -1.63. The highest BCUT2D eigenvalue weighted by atomic mass is 16.5. The minimum atomic E-state index is -1.82. The van der Waals surface area contributed by atoms with E-state index in [9.17, 15) is 4.79 Å². The topological polar surface area (TPSA) is 104 Å². The smallest absolute Gasteiger partial charge is 0.414 e. The van der Waals surface area contributed by atoms with Gasteiger partial charge in [0.2, 0.25) is 0 Å². The van der Waals surface area contributed by atoms with Gasteiger partial charge >= 0.3 is 17.9 Å². The summed E-state index contributed by atoms with van der Waals surface area (Å²) in [6.07, 6.45) is 4.17. The van der Waals surface area contributed by atoms with Crippen molar-refractivity contribution in [2.75, 3.05) is 20.7 Å². The van der Waals surface area contributed by atoms with Crippen molar-refractivity contribution >= 4 is 17.9 Å². The zero-order chi connectivity index (χ0) is 15.7. The summed E-state index contributed by atoms with van der Waals surface area (Å²) < 4.78 is 5.20. The molecule has 1 unspecified atom stereocenters. The highest BCUT2D eigenvalue weighted by Gasteiger charge is 2.26. The molecule has 0 amide bonds. The quantitative estimate of drug-likeness (QED) is 0.570. The van der Waals surface area contributed by atoms with Crippen LogP contribution in [0.3, 0.4) is 0 Å². The van der Waals surface area contributed by atoms with Crippen LogP contribution in [0.5, 0.6) is 0 Å². The summed E-state index contributed by atoms with van der Waals surface area (Å²) >= 11 is 0. The van der Waals surface area contributed by atoms with Crippen LogP contribution >= 0.6 is 0 Å². The number of ether oxygens (including phenoxy) is 1. The van der Waals surface area contributed by atoms with E-state index in [1.165, 1.54) is 6.42 Å². The highest BCUT2D eigenvalue weighted by molar-refractivity contribution is 6.27. The van der Waals surface area contributed by atoms with Gasteiger partial charge in [-0.25, -0.2) is 9.59 Å². The number of carbonyl (C=O) groups excluding carboxylic acids is 1. The van der Waals surface area contributed by atoms with Crippen LogP contribution in [0.1, 0.15) is 32.6 Å². The molecule has 0 heterocycles. The summed E-state index contributed by atoms with van der Waals surface area (Å²) in [4.78, 5) is 31.7. The van der Waals surface area contributed by atoms with Crippen molar-refractivity contribution in [1.82, 2.24) is 4.90 Å². The molecule has 1 saturated carbocycles. The lowest BCUT2D eigenvalue weighted by Gasteiger charge is -2.24. The molecule has 7 nitrogen and oxygen atoms in total. The van der Waals surface area contributed by atoms with E-state index in [1.54, 1.807) is 0 Å². The number of carbonyl (C=O) groups is 3. The molecule has 0 aromatic carbocycles. The van der Waals surface area contributed by atoms with Gasteiger partial charge in [0.15, 0.2) is 0 Å². The molecule has 1 aliphatic rings. The van der Waals surface area contributed by atoms with Gasteiger partial charge in [-0.05, 0) is 40.3 Å². The predicted molar refractivity (Wildman–Crippen MR) is 71.3 cm³/mol. The maximum atomic E-state index is 11.3. The van der Waals surface area contributed by atoms with Crippen molar-refractivity contribution in [1.29, 1.82) is 0 Å². The third-order valence-electron chi connectivity index (χ3n) is 3.28. The molecule has 0 radical (unpaired) electrons. The van der Waals surface area contributed by atoms with Crippen molar-refractivity contribution in [3.63, 3.8) is 0 Å². The number of nitrogens with zero attached hydrogens (tertiary/aromatic N) is 1. The minimum Gasteiger partial charge on any atom is -0.473 e. The summed E-state index contributed by atoms with van der Waals surface area (Å²) in [5, 5.41) is 14.8. The Bertz CT molecular complexity index is 326. The number of carboxylic acid groups (broad SMARTS) is 2. The molecule has 0 aromatic rings. The monoisotopic (exact) mass is 289 g/mol. The zero-order valence-corrected chi connectivity index (χ0v) is 12.2. The highest BCUT2D eigenvalue weighted by Crippen LogP contribution is 2.27. The number of esters is 1. The summed E-state index contributed by atoms with van der Waals surface area (Å²) in [6.45, 7) is 2.70. The Balaban J connectivity index is 0.000000511. The third kappa shape index (κ3) is 7.73. The SMILES string of the molecule is CC(CCOC(=O)C1CCC1)N(C)C.O=C(O)C(=O)O. The number of hydrogen-bond donors (Lipinski definition) is 2. The summed E-state index contributed by atoms with van der Waals surface area (Å²) in [7, 11) is 4.08. The van der Waals surface area contributed by atoms with Crippen molar-refractivity contribution < 1.29 is 29.3 Å². The lowest BCUT2D eigenvalue weighted by atomic mass is 9.86. The Morgan fingerprint density at radius 3 is 2.00 bits per heavy atom. The second-order valence-corrected chi connectivity index (χ2v) is 5.01. The molecule has 0 aromatic heterocycles. The number of carboxylic acids is 2. The molecule has 116 valence electrons. The van der Waals surface area contributed by atoms with Crippen molar-refractivity contribution in [3.05, 3.63) is 0 Å². The van der Waals surface area contributed by atoms with Gasteiger partial charge in [-0.3, -0.25) is 4.79 Å². The maximum Gasteiger partial charge on any atom is 0.414 e. The number of hydrogen-bond acceptors (Lipinski definition) is 5. The van der Waals surface area contributed by atoms with Crippen molar-refractivity contribution in [2.24, 2.45) is 5.92 Å². The first-order valence-electron chi connectivity index (χ1n) is 6.55. The van der Waals surface area contributed by atoms with Gasteiger partial charge in [-0.15, -0.1) is 0 Å². The first kappa shape index (κ1) is 18.4. The summed E-state index contributed by atoms with van der Waals surface area (Å²) in [5.74, 6) is -3.42. The predicted octanol–water partition coefficient (Wildman–Crippen LogP) is 0.826. The van der Waals surface area contributed by atoms with Gasteiger partial charge in [0.05, 0.1) is 12.5 Å². The van der Waals surface area contributed by atoms with E-state index in [0.29, 0.717) is 12.6 Å². The fourth-order valence-electron chi connectivity index (χ4n) is 1.35. The Kier molecular flexibility index (Phi) is 8.54. The number of aliphatic carboxylic acids is 2. The van der Waals surface area contributed by atoms with Crippen LogP contribution in [-0.4, -0.2) is 59.8 Å². The lowest BCUT2D eigenvalue weighted by Crippen LogP contribution is -2.28. The molecular formula is C13H23NO6. The molecule has 0 saturated heterocycles. The Morgan fingerprint density at radius 1 is 1.20 bits per heavy atom. The van der Waals surface area contributed by atoms with Gasteiger partial charge in [0.1, 0.15) is 0 Å². The van der Waals surface area contributed by atoms with Crippen LogP contribution in [0.2, 0.25) is 0 Å². The van der Waals surface area contributed by atoms with Gasteiger partial charge < -0.3 is 19.8 Å². The van der Waals surface area contributed by atoms with Crippen LogP contribution in [0, 0.1) is 5.92 Å². The molecule has 7 heteroatoms. The molecule has 0 aliphatic heterocycles. The van der Waals surface area contributed by atoms with E-state index in [4.69, 9.17) is 24.5 Å². The molecule has 20 heavy (non-hydrogen) atoms. The summed E-state index contributed by atoms with van der Waals surface area (Å²) in [6, 6.07) is 0.476. The fourth-order valence-corrected chi connectivity index (χ4v) is 1.35. The second kappa shape index (κ2) is 9.30. The standard InChI is InChI=1S/C11H21NO2.C2H2O4/c1-9(12(2)3)7-8-14-11(13)10-5-4-6-10;3-1(4)2(5)6/h9-10H,4-8H2,1-3H3;(H,3,4)(H,5,6). The van der Waals surface area contributed by atoms with E-state index in [-0.39, 0.29) is 11.9 Å². The average Bonchev–Trinajstić information content (AvgIpc) is 2.26. The van der Waals surface area contributed by atoms with E-state index in [2.05, 4.69) is 11.8 Å². The van der Waals surface area contributed by atoms with Crippen LogP contribution in [0.15, 0.2) is 0 Å². The largest absolute Gasteiger partial charge is 0.473 e.